The molecule has 1 aliphatic rings. The molecule has 8 heteroatoms. The summed E-state index contributed by atoms with van der Waals surface area (Å²) in [4.78, 5) is 20.8. The summed E-state index contributed by atoms with van der Waals surface area (Å²) in [6.45, 7) is 6.85. The van der Waals surface area contributed by atoms with Crippen LogP contribution in [0.2, 0.25) is 0 Å². The van der Waals surface area contributed by atoms with Gasteiger partial charge in [-0.15, -0.1) is 11.8 Å². The zero-order valence-electron chi connectivity index (χ0n) is 20.2. The fourth-order valence-electron chi connectivity index (χ4n) is 3.98. The number of hydrogen-bond donors (Lipinski definition) is 1. The predicted molar refractivity (Wildman–Crippen MR) is 135 cm³/mol. The second-order valence-corrected chi connectivity index (χ2v) is 9.52. The molecule has 1 aromatic heterocycles. The number of thioether (sulfide) groups is 1. The van der Waals surface area contributed by atoms with Crippen molar-refractivity contribution in [3.63, 3.8) is 0 Å². The van der Waals surface area contributed by atoms with E-state index in [1.807, 2.05) is 61.7 Å². The number of carbonyl (C=O) groups excluding carboxylic acids is 1. The molecule has 0 spiro atoms. The summed E-state index contributed by atoms with van der Waals surface area (Å²) in [5.74, 6) is 2.09. The molecular formula is C26H30N4O3S. The molecule has 0 saturated carbocycles. The molecule has 2 amide bonds. The van der Waals surface area contributed by atoms with Crippen molar-refractivity contribution in [2.75, 3.05) is 19.9 Å². The maximum Gasteiger partial charge on any atom is 0.322 e. The lowest BCUT2D eigenvalue weighted by atomic mass is 9.94. The molecule has 1 unspecified atom stereocenters. The first-order valence-electron chi connectivity index (χ1n) is 11.3. The fraction of sp³-hybridized carbons (Fsp3) is 0.346. The van der Waals surface area contributed by atoms with E-state index in [2.05, 4.69) is 24.3 Å². The van der Waals surface area contributed by atoms with Crippen LogP contribution in [0, 0.1) is 5.92 Å². The number of aromatic nitrogens is 2. The van der Waals surface area contributed by atoms with Gasteiger partial charge in [0.1, 0.15) is 5.75 Å². The highest BCUT2D eigenvalue weighted by molar-refractivity contribution is 7.98. The number of ether oxygens (including phenoxy) is 1. The molecule has 0 bridgehead atoms. The highest BCUT2D eigenvalue weighted by Crippen LogP contribution is 2.38. The van der Waals surface area contributed by atoms with Gasteiger partial charge in [0, 0.05) is 22.7 Å². The van der Waals surface area contributed by atoms with Crippen LogP contribution in [-0.4, -0.2) is 41.0 Å². The number of amides is 2. The summed E-state index contributed by atoms with van der Waals surface area (Å²) < 4.78 is 11.2. The Morgan fingerprint density at radius 3 is 2.65 bits per heavy atom. The van der Waals surface area contributed by atoms with Crippen molar-refractivity contribution in [2.45, 2.75) is 38.1 Å². The Morgan fingerprint density at radius 2 is 1.97 bits per heavy atom. The summed E-state index contributed by atoms with van der Waals surface area (Å²) in [5.41, 5.74) is 3.36. The van der Waals surface area contributed by atoms with Crippen LogP contribution >= 0.6 is 11.8 Å². The van der Waals surface area contributed by atoms with Gasteiger partial charge in [0.2, 0.25) is 5.82 Å². The summed E-state index contributed by atoms with van der Waals surface area (Å²) in [6.07, 6.45) is 2.93. The number of benzene rings is 2. The van der Waals surface area contributed by atoms with Gasteiger partial charge in [-0.1, -0.05) is 31.1 Å². The van der Waals surface area contributed by atoms with Gasteiger partial charge in [-0.3, -0.25) is 4.90 Å². The Kier molecular flexibility index (Phi) is 7.26. The lowest BCUT2D eigenvalue weighted by Gasteiger charge is -2.35. The third kappa shape index (κ3) is 4.97. The standard InChI is InChI=1S/C26H30N4O3S/c1-16(2)13-14-30-17(3)22(23(27-26(30)31)19-7-6-8-20(15-19)32-4)25-28-24(29-33-25)18-9-11-21(34-5)12-10-18/h6-12,15-16,23H,13-14H2,1-5H3,(H,27,31). The number of carbonyl (C=O) groups is 1. The van der Waals surface area contributed by atoms with Gasteiger partial charge in [-0.2, -0.15) is 4.98 Å². The molecule has 4 rings (SSSR count). The first-order valence-corrected chi connectivity index (χ1v) is 12.5. The van der Waals surface area contributed by atoms with Crippen molar-refractivity contribution in [1.82, 2.24) is 20.4 Å². The minimum absolute atomic E-state index is 0.137. The molecule has 2 heterocycles. The number of methoxy groups -OCH3 is 1. The van der Waals surface area contributed by atoms with Crippen LogP contribution in [0.4, 0.5) is 4.79 Å². The van der Waals surface area contributed by atoms with E-state index >= 15 is 0 Å². The van der Waals surface area contributed by atoms with Crippen LogP contribution in [0.5, 0.6) is 5.75 Å². The molecule has 2 aromatic carbocycles. The number of nitrogens with zero attached hydrogens (tertiary/aromatic N) is 3. The molecule has 0 radical (unpaired) electrons. The molecule has 1 aliphatic heterocycles. The third-order valence-electron chi connectivity index (χ3n) is 5.96. The molecule has 3 aromatic rings. The number of urea groups is 1. The predicted octanol–water partition coefficient (Wildman–Crippen LogP) is 6.01. The van der Waals surface area contributed by atoms with Crippen molar-refractivity contribution < 1.29 is 14.1 Å². The van der Waals surface area contributed by atoms with Gasteiger partial charge < -0.3 is 14.6 Å². The fourth-order valence-corrected chi connectivity index (χ4v) is 4.38. The highest BCUT2D eigenvalue weighted by Gasteiger charge is 2.35. The van der Waals surface area contributed by atoms with Crippen molar-refractivity contribution in [1.29, 1.82) is 0 Å². The third-order valence-corrected chi connectivity index (χ3v) is 6.70. The van der Waals surface area contributed by atoms with E-state index in [1.165, 1.54) is 4.90 Å². The Hall–Kier alpha value is -3.26. The first-order chi connectivity index (χ1) is 16.4. The number of allylic oxidation sites excluding steroid dienone is 1. The largest absolute Gasteiger partial charge is 0.497 e. The van der Waals surface area contributed by atoms with Crippen molar-refractivity contribution >= 4 is 23.4 Å². The monoisotopic (exact) mass is 478 g/mol. The van der Waals surface area contributed by atoms with Crippen LogP contribution in [-0.2, 0) is 0 Å². The minimum atomic E-state index is -0.440. The Labute approximate surface area is 204 Å². The smallest absolute Gasteiger partial charge is 0.322 e. The van der Waals surface area contributed by atoms with E-state index in [-0.39, 0.29) is 6.03 Å². The van der Waals surface area contributed by atoms with Gasteiger partial charge in [0.15, 0.2) is 0 Å². The minimum Gasteiger partial charge on any atom is -0.497 e. The van der Waals surface area contributed by atoms with Crippen LogP contribution in [0.15, 0.2) is 63.6 Å². The summed E-state index contributed by atoms with van der Waals surface area (Å²) >= 11 is 1.68. The summed E-state index contributed by atoms with van der Waals surface area (Å²) in [7, 11) is 1.63. The maximum atomic E-state index is 13.1. The molecule has 0 fully saturated rings. The van der Waals surface area contributed by atoms with Crippen molar-refractivity contribution in [3.8, 4) is 17.1 Å². The maximum absolute atomic E-state index is 13.1. The number of rotatable bonds is 8. The van der Waals surface area contributed by atoms with Crippen LogP contribution < -0.4 is 10.1 Å². The van der Waals surface area contributed by atoms with E-state index in [1.54, 1.807) is 23.8 Å². The molecule has 7 nitrogen and oxygen atoms in total. The second kappa shape index (κ2) is 10.3. The topological polar surface area (TPSA) is 80.5 Å². The van der Waals surface area contributed by atoms with Crippen molar-refractivity contribution in [2.24, 2.45) is 5.92 Å². The quantitative estimate of drug-likeness (QED) is 0.399. The van der Waals surface area contributed by atoms with Gasteiger partial charge in [-0.05, 0) is 67.5 Å². The molecule has 178 valence electrons. The Balaban J connectivity index is 1.77. The lowest BCUT2D eigenvalue weighted by Crippen LogP contribution is -2.46. The van der Waals surface area contributed by atoms with Gasteiger partial charge in [-0.25, -0.2) is 4.79 Å². The zero-order chi connectivity index (χ0) is 24.2. The molecule has 1 N–H and O–H groups in total. The summed E-state index contributed by atoms with van der Waals surface area (Å²) in [5, 5.41) is 7.39. The SMILES string of the molecule is COc1cccc(C2NC(=O)N(CCC(C)C)C(C)=C2c2nc(-c3ccc(SC)cc3)no2)c1. The zero-order valence-corrected chi connectivity index (χ0v) is 21.0. The van der Waals surface area contributed by atoms with Crippen LogP contribution in [0.3, 0.4) is 0 Å². The van der Waals surface area contributed by atoms with E-state index in [4.69, 9.17) is 14.2 Å². The average molecular weight is 479 g/mol. The average Bonchev–Trinajstić information content (AvgIpc) is 3.33. The number of nitrogens with one attached hydrogen (secondary N) is 1. The van der Waals surface area contributed by atoms with Crippen molar-refractivity contribution in [3.05, 3.63) is 65.7 Å². The molecule has 34 heavy (non-hydrogen) atoms. The van der Waals surface area contributed by atoms with Gasteiger partial charge in [0.05, 0.1) is 18.7 Å². The lowest BCUT2D eigenvalue weighted by molar-refractivity contribution is 0.202. The highest BCUT2D eigenvalue weighted by atomic mass is 32.2. The second-order valence-electron chi connectivity index (χ2n) is 8.64. The first kappa shape index (κ1) is 23.9. The van der Waals surface area contributed by atoms with E-state index < -0.39 is 6.04 Å². The molecular weight excluding hydrogens is 448 g/mol. The normalized spacial score (nSPS) is 16.2. The van der Waals surface area contributed by atoms with Gasteiger partial charge in [0.25, 0.3) is 5.89 Å². The Morgan fingerprint density at radius 1 is 1.21 bits per heavy atom. The van der Waals surface area contributed by atoms with E-state index in [0.717, 1.165) is 28.8 Å². The van der Waals surface area contributed by atoms with E-state index in [0.29, 0.717) is 29.9 Å². The van der Waals surface area contributed by atoms with Gasteiger partial charge >= 0.3 is 6.03 Å². The number of hydrogen-bond acceptors (Lipinski definition) is 6. The molecule has 0 aliphatic carbocycles. The summed E-state index contributed by atoms with van der Waals surface area (Å²) in [6, 6.07) is 15.1. The Bertz CT molecular complexity index is 1190. The molecule has 1 atom stereocenters. The molecule has 0 saturated heterocycles. The van der Waals surface area contributed by atoms with Crippen LogP contribution in [0.25, 0.3) is 17.0 Å². The van der Waals surface area contributed by atoms with Crippen LogP contribution in [0.1, 0.15) is 44.7 Å². The van der Waals surface area contributed by atoms with E-state index in [9.17, 15) is 4.79 Å².